The molecule has 1 aromatic heterocycles. The number of halogens is 1. The predicted molar refractivity (Wildman–Crippen MR) is 109 cm³/mol. The van der Waals surface area contributed by atoms with Gasteiger partial charge in [-0.3, -0.25) is 4.79 Å². The molecule has 1 N–H and O–H groups in total. The molecule has 0 saturated carbocycles. The van der Waals surface area contributed by atoms with Crippen molar-refractivity contribution in [2.75, 3.05) is 18.4 Å². The van der Waals surface area contributed by atoms with Crippen LogP contribution in [0.2, 0.25) is 5.02 Å². The highest BCUT2D eigenvalue weighted by Crippen LogP contribution is 2.29. The van der Waals surface area contributed by atoms with Crippen LogP contribution in [0.5, 0.6) is 0 Å². The third-order valence-corrected chi connectivity index (χ3v) is 7.84. The maximum atomic E-state index is 12.9. The Labute approximate surface area is 173 Å². The zero-order chi connectivity index (χ0) is 20.3. The molecule has 1 fully saturated rings. The molecule has 1 aliphatic rings. The maximum Gasteiger partial charge on any atom is 0.243 e. The number of carbonyl (C=O) groups is 1. The number of piperidine rings is 1. The van der Waals surface area contributed by atoms with Crippen LogP contribution in [0.15, 0.2) is 34.6 Å². The standard InChI is InChI=1S/C17H22ClN5O3S2/c1-12(27-17-21-19-11-22(17)2)16(24)20-15-10-13(6-7-14(15)18)28(25,26)23-8-4-3-5-9-23/h6-7,10-12H,3-5,8-9H2,1-2H3,(H,20,24)/t12-/m0/s1. The number of nitrogens with zero attached hydrogens (tertiary/aromatic N) is 4. The van der Waals surface area contributed by atoms with Crippen LogP contribution in [0.25, 0.3) is 0 Å². The number of amides is 1. The predicted octanol–water partition coefficient (Wildman–Crippen LogP) is 2.76. The molecule has 11 heteroatoms. The van der Waals surface area contributed by atoms with Crippen LogP contribution in [0.4, 0.5) is 5.69 Å². The average Bonchev–Trinajstić information content (AvgIpc) is 3.08. The Morgan fingerprint density at radius 2 is 2.00 bits per heavy atom. The van der Waals surface area contributed by atoms with E-state index in [1.807, 2.05) is 0 Å². The first kappa shape index (κ1) is 21.1. The number of rotatable bonds is 6. The number of thioether (sulfide) groups is 1. The number of hydrogen-bond donors (Lipinski definition) is 1. The van der Waals surface area contributed by atoms with Gasteiger partial charge in [-0.25, -0.2) is 8.42 Å². The third kappa shape index (κ3) is 4.68. The molecule has 1 atom stereocenters. The Morgan fingerprint density at radius 1 is 1.29 bits per heavy atom. The second-order valence-corrected chi connectivity index (χ2v) is 10.2. The number of nitrogens with one attached hydrogen (secondary N) is 1. The summed E-state index contributed by atoms with van der Waals surface area (Å²) in [7, 11) is -1.82. The highest BCUT2D eigenvalue weighted by Gasteiger charge is 2.27. The Morgan fingerprint density at radius 3 is 2.64 bits per heavy atom. The first-order chi connectivity index (χ1) is 13.3. The summed E-state index contributed by atoms with van der Waals surface area (Å²) in [5.74, 6) is -0.303. The van der Waals surface area contributed by atoms with E-state index in [0.29, 0.717) is 18.2 Å². The van der Waals surface area contributed by atoms with Crippen LogP contribution in [-0.2, 0) is 21.9 Å². The number of aryl methyl sites for hydroxylation is 1. The minimum Gasteiger partial charge on any atom is -0.324 e. The number of benzene rings is 1. The fourth-order valence-corrected chi connectivity index (χ4v) is 5.34. The van der Waals surface area contributed by atoms with Gasteiger partial charge in [0.15, 0.2) is 5.16 Å². The molecule has 3 rings (SSSR count). The minimum absolute atomic E-state index is 0.128. The summed E-state index contributed by atoms with van der Waals surface area (Å²) < 4.78 is 28.9. The molecule has 28 heavy (non-hydrogen) atoms. The SMILES string of the molecule is C[C@H](Sc1nncn1C)C(=O)Nc1cc(S(=O)(=O)N2CCCCC2)ccc1Cl. The van der Waals surface area contributed by atoms with E-state index in [2.05, 4.69) is 15.5 Å². The second kappa shape index (κ2) is 8.81. The van der Waals surface area contributed by atoms with Crippen molar-refractivity contribution >= 4 is 45.0 Å². The molecule has 2 heterocycles. The number of hydrogen-bond acceptors (Lipinski definition) is 6. The average molecular weight is 444 g/mol. The molecule has 8 nitrogen and oxygen atoms in total. The van der Waals surface area contributed by atoms with Gasteiger partial charge in [0.1, 0.15) is 6.33 Å². The van der Waals surface area contributed by atoms with Crippen molar-refractivity contribution in [3.05, 3.63) is 29.5 Å². The fourth-order valence-electron chi connectivity index (χ4n) is 2.84. The smallest absolute Gasteiger partial charge is 0.243 e. The number of sulfonamides is 1. The molecule has 1 saturated heterocycles. The van der Waals surface area contributed by atoms with Gasteiger partial charge < -0.3 is 9.88 Å². The molecule has 152 valence electrons. The van der Waals surface area contributed by atoms with Crippen molar-refractivity contribution in [1.82, 2.24) is 19.1 Å². The third-order valence-electron chi connectivity index (χ3n) is 4.47. The van der Waals surface area contributed by atoms with Crippen molar-refractivity contribution in [2.24, 2.45) is 7.05 Å². The van der Waals surface area contributed by atoms with E-state index in [9.17, 15) is 13.2 Å². The summed E-state index contributed by atoms with van der Waals surface area (Å²) in [6.45, 7) is 2.76. The van der Waals surface area contributed by atoms with Crippen LogP contribution in [-0.4, -0.2) is 51.7 Å². The van der Waals surface area contributed by atoms with E-state index in [-0.39, 0.29) is 21.5 Å². The maximum absolute atomic E-state index is 12.9. The van der Waals surface area contributed by atoms with Crippen LogP contribution in [0, 0.1) is 0 Å². The van der Waals surface area contributed by atoms with Gasteiger partial charge in [0.25, 0.3) is 0 Å². The lowest BCUT2D eigenvalue weighted by molar-refractivity contribution is -0.115. The van der Waals surface area contributed by atoms with Crippen LogP contribution in [0.3, 0.4) is 0 Å². The quantitative estimate of drug-likeness (QED) is 0.689. The van der Waals surface area contributed by atoms with Crippen molar-refractivity contribution in [2.45, 2.75) is 41.5 Å². The molecule has 1 aromatic carbocycles. The summed E-state index contributed by atoms with van der Waals surface area (Å²) >= 11 is 7.44. The lowest BCUT2D eigenvalue weighted by atomic mass is 10.2. The van der Waals surface area contributed by atoms with E-state index >= 15 is 0 Å². The summed E-state index contributed by atoms with van der Waals surface area (Å²) in [5, 5.41) is 10.9. The zero-order valence-electron chi connectivity index (χ0n) is 15.6. The fraction of sp³-hybridized carbons (Fsp3) is 0.471. The van der Waals surface area contributed by atoms with E-state index < -0.39 is 15.3 Å². The number of carbonyl (C=O) groups excluding carboxylic acids is 1. The Kier molecular flexibility index (Phi) is 6.64. The normalized spacial score (nSPS) is 16.7. The molecule has 2 aromatic rings. The minimum atomic E-state index is -3.61. The van der Waals surface area contributed by atoms with Crippen molar-refractivity contribution in [3.63, 3.8) is 0 Å². The Bertz CT molecular complexity index is 957. The van der Waals surface area contributed by atoms with Gasteiger partial charge in [0, 0.05) is 20.1 Å². The summed E-state index contributed by atoms with van der Waals surface area (Å²) in [6.07, 6.45) is 4.30. The molecule has 0 aliphatic carbocycles. The van der Waals surface area contributed by atoms with E-state index in [0.717, 1.165) is 19.3 Å². The lowest BCUT2D eigenvalue weighted by Crippen LogP contribution is -2.35. The van der Waals surface area contributed by atoms with Gasteiger partial charge >= 0.3 is 0 Å². The molecular weight excluding hydrogens is 422 g/mol. The molecule has 0 radical (unpaired) electrons. The number of anilines is 1. The molecule has 1 aliphatic heterocycles. The van der Waals surface area contributed by atoms with Gasteiger partial charge in [0.05, 0.1) is 20.9 Å². The van der Waals surface area contributed by atoms with Gasteiger partial charge in [-0.1, -0.05) is 29.8 Å². The molecule has 0 bridgehead atoms. The molecular formula is C17H22ClN5O3S2. The first-order valence-electron chi connectivity index (χ1n) is 8.90. The Balaban J connectivity index is 1.76. The molecule has 0 spiro atoms. The number of aromatic nitrogens is 3. The van der Waals surface area contributed by atoms with Gasteiger partial charge in [-0.05, 0) is 38.0 Å². The molecule has 0 unspecified atom stereocenters. The van der Waals surface area contributed by atoms with Crippen LogP contribution in [0.1, 0.15) is 26.2 Å². The topological polar surface area (TPSA) is 97.2 Å². The van der Waals surface area contributed by atoms with Crippen LogP contribution < -0.4 is 5.32 Å². The summed E-state index contributed by atoms with van der Waals surface area (Å²) in [6, 6.07) is 4.39. The molecule has 1 amide bonds. The second-order valence-electron chi connectivity index (χ2n) is 6.58. The van der Waals surface area contributed by atoms with E-state index in [4.69, 9.17) is 11.6 Å². The van der Waals surface area contributed by atoms with Crippen molar-refractivity contribution < 1.29 is 13.2 Å². The largest absolute Gasteiger partial charge is 0.324 e. The van der Waals surface area contributed by atoms with Crippen molar-refractivity contribution in [3.8, 4) is 0 Å². The lowest BCUT2D eigenvalue weighted by Gasteiger charge is -2.26. The van der Waals surface area contributed by atoms with E-state index in [1.54, 1.807) is 24.9 Å². The first-order valence-corrected chi connectivity index (χ1v) is 11.6. The van der Waals surface area contributed by atoms with Gasteiger partial charge in [-0.15, -0.1) is 10.2 Å². The monoisotopic (exact) mass is 443 g/mol. The summed E-state index contributed by atoms with van der Waals surface area (Å²) in [4.78, 5) is 12.7. The Hall–Kier alpha value is -1.62. The van der Waals surface area contributed by atoms with E-state index in [1.165, 1.54) is 34.3 Å². The highest BCUT2D eigenvalue weighted by molar-refractivity contribution is 8.00. The van der Waals surface area contributed by atoms with Crippen LogP contribution >= 0.6 is 23.4 Å². The van der Waals surface area contributed by atoms with Gasteiger partial charge in [-0.2, -0.15) is 4.31 Å². The highest BCUT2D eigenvalue weighted by atomic mass is 35.5. The van der Waals surface area contributed by atoms with Crippen molar-refractivity contribution in [1.29, 1.82) is 0 Å². The summed E-state index contributed by atoms with van der Waals surface area (Å²) in [5.41, 5.74) is 0.273. The van der Waals surface area contributed by atoms with Gasteiger partial charge in [0.2, 0.25) is 15.9 Å². The zero-order valence-corrected chi connectivity index (χ0v) is 18.0.